The largest absolute Gasteiger partial charge is 0.350 e. The molecule has 1 N–H and O–H groups in total. The van der Waals surface area contributed by atoms with Gasteiger partial charge in [-0.15, -0.1) is 0 Å². The van der Waals surface area contributed by atoms with Crippen LogP contribution in [0.15, 0.2) is 48.5 Å². The van der Waals surface area contributed by atoms with Gasteiger partial charge in [-0.25, -0.2) is 0 Å². The summed E-state index contributed by atoms with van der Waals surface area (Å²) in [5.41, 5.74) is 4.62. The fourth-order valence-electron chi connectivity index (χ4n) is 4.12. The van der Waals surface area contributed by atoms with E-state index in [0.717, 1.165) is 23.2 Å². The van der Waals surface area contributed by atoms with Gasteiger partial charge in [0, 0.05) is 38.5 Å². The minimum absolute atomic E-state index is 0.0496. The van der Waals surface area contributed by atoms with Gasteiger partial charge in [0.2, 0.25) is 11.8 Å². The zero-order valence-corrected chi connectivity index (χ0v) is 20.1. The number of benzene rings is 2. The van der Waals surface area contributed by atoms with Gasteiger partial charge in [-0.3, -0.25) is 14.5 Å². The van der Waals surface area contributed by atoms with Crippen molar-refractivity contribution < 1.29 is 9.59 Å². The molecule has 172 valence electrons. The zero-order valence-electron chi connectivity index (χ0n) is 20.1. The second-order valence-corrected chi connectivity index (χ2v) is 9.60. The van der Waals surface area contributed by atoms with Crippen LogP contribution in [0.1, 0.15) is 56.4 Å². The summed E-state index contributed by atoms with van der Waals surface area (Å²) in [7, 11) is 2.11. The predicted molar refractivity (Wildman–Crippen MR) is 129 cm³/mol. The number of amides is 2. The number of hydrogen-bond donors (Lipinski definition) is 1. The van der Waals surface area contributed by atoms with Gasteiger partial charge in [0.15, 0.2) is 0 Å². The average molecular weight is 436 g/mol. The molecule has 1 atom stereocenters. The summed E-state index contributed by atoms with van der Waals surface area (Å²) in [6.45, 7) is 10.2. The molecule has 1 heterocycles. The number of rotatable bonds is 8. The Balaban J connectivity index is 1.75. The number of nitrogens with one attached hydrogen (secondary N) is 1. The summed E-state index contributed by atoms with van der Waals surface area (Å²) in [4.78, 5) is 30.4. The highest BCUT2D eigenvalue weighted by Gasteiger charge is 2.34. The van der Waals surface area contributed by atoms with Crippen LogP contribution in [0.4, 0.5) is 0 Å². The number of nitrogens with zero attached hydrogens (tertiary/aromatic N) is 2. The minimum Gasteiger partial charge on any atom is -0.350 e. The molecule has 2 aromatic rings. The molecule has 2 amide bonds. The van der Waals surface area contributed by atoms with Crippen LogP contribution in [0.5, 0.6) is 0 Å². The summed E-state index contributed by atoms with van der Waals surface area (Å²) in [6, 6.07) is 16.3. The van der Waals surface area contributed by atoms with Crippen LogP contribution in [0.25, 0.3) is 0 Å². The second-order valence-electron chi connectivity index (χ2n) is 9.60. The second kappa shape index (κ2) is 10.8. The quantitative estimate of drug-likeness (QED) is 0.678. The molecule has 0 spiro atoms. The molecule has 0 aromatic heterocycles. The number of carbonyl (C=O) groups excluding carboxylic acids is 2. The van der Waals surface area contributed by atoms with Gasteiger partial charge in [0.05, 0.1) is 0 Å². The normalized spacial score (nSPS) is 15.9. The Labute approximate surface area is 192 Å². The maximum absolute atomic E-state index is 13.3. The minimum atomic E-state index is -0.471. The van der Waals surface area contributed by atoms with Crippen LogP contribution in [0, 0.1) is 5.92 Å². The Morgan fingerprint density at radius 3 is 2.28 bits per heavy atom. The molecule has 0 saturated carbocycles. The molecule has 32 heavy (non-hydrogen) atoms. The third-order valence-electron chi connectivity index (χ3n) is 6.33. The molecule has 3 rings (SSSR count). The highest BCUT2D eigenvalue weighted by molar-refractivity contribution is 5.88. The predicted octanol–water partition coefficient (Wildman–Crippen LogP) is 4.14. The highest BCUT2D eigenvalue weighted by atomic mass is 16.2. The smallest absolute Gasteiger partial charge is 0.243 e. The molecule has 0 saturated heterocycles. The van der Waals surface area contributed by atoms with E-state index in [1.54, 1.807) is 4.90 Å². The molecular formula is C27H37N3O2. The van der Waals surface area contributed by atoms with Gasteiger partial charge in [-0.05, 0) is 49.1 Å². The molecule has 2 aromatic carbocycles. The lowest BCUT2D eigenvalue weighted by Gasteiger charge is -2.36. The topological polar surface area (TPSA) is 52.7 Å². The fraction of sp³-hybridized carbons (Fsp3) is 0.481. The number of carbonyl (C=O) groups is 2. The Morgan fingerprint density at radius 2 is 1.62 bits per heavy atom. The van der Waals surface area contributed by atoms with E-state index in [0.29, 0.717) is 32.0 Å². The van der Waals surface area contributed by atoms with Crippen LogP contribution in [-0.2, 0) is 35.6 Å². The van der Waals surface area contributed by atoms with E-state index < -0.39 is 6.04 Å². The first-order chi connectivity index (χ1) is 15.3. The van der Waals surface area contributed by atoms with Gasteiger partial charge < -0.3 is 10.2 Å². The molecule has 1 aliphatic rings. The van der Waals surface area contributed by atoms with Crippen LogP contribution in [-0.4, -0.2) is 40.7 Å². The Hall–Kier alpha value is -2.66. The van der Waals surface area contributed by atoms with Gasteiger partial charge in [-0.1, -0.05) is 62.4 Å². The fourth-order valence-corrected chi connectivity index (χ4v) is 4.12. The summed E-state index contributed by atoms with van der Waals surface area (Å²) in [6.07, 6.45) is 1.01. The van der Waals surface area contributed by atoms with Crippen molar-refractivity contribution in [3.8, 4) is 0 Å². The third kappa shape index (κ3) is 5.98. The Morgan fingerprint density at radius 1 is 1.00 bits per heavy atom. The third-order valence-corrected chi connectivity index (χ3v) is 6.33. The number of fused-ring (bicyclic) bond motifs is 1. The molecule has 5 nitrogen and oxygen atoms in total. The molecule has 0 bridgehead atoms. The van der Waals surface area contributed by atoms with Crippen molar-refractivity contribution in [3.63, 3.8) is 0 Å². The Bertz CT molecular complexity index is 938. The molecule has 1 unspecified atom stereocenters. The lowest BCUT2D eigenvalue weighted by Crippen LogP contribution is -2.52. The van der Waals surface area contributed by atoms with Gasteiger partial charge >= 0.3 is 0 Å². The lowest BCUT2D eigenvalue weighted by molar-refractivity contribution is -0.142. The van der Waals surface area contributed by atoms with Crippen LogP contribution in [0.2, 0.25) is 0 Å². The summed E-state index contributed by atoms with van der Waals surface area (Å²) in [5.74, 6) is 0.227. The van der Waals surface area contributed by atoms with E-state index in [1.807, 2.05) is 38.1 Å². The highest BCUT2D eigenvalue weighted by Crippen LogP contribution is 2.25. The van der Waals surface area contributed by atoms with Gasteiger partial charge in [0.1, 0.15) is 6.04 Å². The van der Waals surface area contributed by atoms with Crippen molar-refractivity contribution in [2.45, 2.75) is 72.3 Å². The van der Waals surface area contributed by atoms with Crippen molar-refractivity contribution in [1.29, 1.82) is 0 Å². The molecule has 0 fully saturated rings. The monoisotopic (exact) mass is 435 g/mol. The summed E-state index contributed by atoms with van der Waals surface area (Å²) < 4.78 is 0. The average Bonchev–Trinajstić information content (AvgIpc) is 2.76. The maximum atomic E-state index is 13.3. The lowest BCUT2D eigenvalue weighted by atomic mass is 9.92. The summed E-state index contributed by atoms with van der Waals surface area (Å²) >= 11 is 0. The first-order valence-electron chi connectivity index (χ1n) is 11.7. The summed E-state index contributed by atoms with van der Waals surface area (Å²) in [5, 5.41) is 3.13. The molecule has 1 aliphatic heterocycles. The van der Waals surface area contributed by atoms with Crippen molar-refractivity contribution in [2.24, 2.45) is 5.92 Å². The van der Waals surface area contributed by atoms with Gasteiger partial charge in [0.25, 0.3) is 0 Å². The molecule has 5 heteroatoms. The first kappa shape index (κ1) is 24.0. The van der Waals surface area contributed by atoms with E-state index in [2.05, 4.69) is 55.4 Å². The molecule has 0 radical (unpaired) electrons. The van der Waals surface area contributed by atoms with Crippen LogP contribution in [0.3, 0.4) is 0 Å². The van der Waals surface area contributed by atoms with E-state index >= 15 is 0 Å². The maximum Gasteiger partial charge on any atom is 0.243 e. The SMILES string of the molecule is CC(C)CC(=O)N1Cc2ccccc2CC1C(=O)NCc1ccccc1CN(C)C(C)C. The van der Waals surface area contributed by atoms with Crippen molar-refractivity contribution >= 4 is 11.8 Å². The molecular weight excluding hydrogens is 398 g/mol. The first-order valence-corrected chi connectivity index (χ1v) is 11.7. The molecule has 0 aliphatic carbocycles. The van der Waals surface area contributed by atoms with Crippen molar-refractivity contribution in [1.82, 2.24) is 15.1 Å². The van der Waals surface area contributed by atoms with Crippen LogP contribution < -0.4 is 5.32 Å². The van der Waals surface area contributed by atoms with Crippen molar-refractivity contribution in [3.05, 3.63) is 70.8 Å². The van der Waals surface area contributed by atoms with Crippen LogP contribution >= 0.6 is 0 Å². The van der Waals surface area contributed by atoms with E-state index in [-0.39, 0.29) is 17.7 Å². The van der Waals surface area contributed by atoms with E-state index in [1.165, 1.54) is 5.56 Å². The van der Waals surface area contributed by atoms with E-state index in [4.69, 9.17) is 0 Å². The zero-order chi connectivity index (χ0) is 23.3. The van der Waals surface area contributed by atoms with Gasteiger partial charge in [-0.2, -0.15) is 0 Å². The number of hydrogen-bond acceptors (Lipinski definition) is 3. The Kier molecular flexibility index (Phi) is 8.08. The van der Waals surface area contributed by atoms with Crippen molar-refractivity contribution in [2.75, 3.05) is 7.05 Å². The standard InChI is InChI=1S/C27H37N3O2/c1-19(2)14-26(31)30-18-24-13-8-6-10-21(24)15-25(30)27(32)28-16-22-11-7-9-12-23(22)17-29(5)20(3)4/h6-13,19-20,25H,14-18H2,1-5H3,(H,28,32). The van der Waals surface area contributed by atoms with E-state index in [9.17, 15) is 9.59 Å².